The number of hydrogen-bond acceptors (Lipinski definition) is 3. The van der Waals surface area contributed by atoms with Crippen molar-refractivity contribution in [3.8, 4) is 5.75 Å². The van der Waals surface area contributed by atoms with Gasteiger partial charge in [0.1, 0.15) is 17.0 Å². The number of methoxy groups -OCH3 is 1. The van der Waals surface area contributed by atoms with Gasteiger partial charge in [-0.1, -0.05) is 56.0 Å². The topological polar surface area (TPSA) is 63.6 Å². The number of rotatable bonds is 4. The van der Waals surface area contributed by atoms with Crippen molar-refractivity contribution < 1.29 is 14.3 Å². The first-order valence-electron chi connectivity index (χ1n) is 11.9. The maximum atomic E-state index is 14.0. The second-order valence-electron chi connectivity index (χ2n) is 9.42. The molecule has 2 heterocycles. The summed E-state index contributed by atoms with van der Waals surface area (Å²) in [5, 5.41) is 4.31. The van der Waals surface area contributed by atoms with Crippen molar-refractivity contribution in [2.24, 2.45) is 0 Å². The van der Waals surface area contributed by atoms with Crippen molar-refractivity contribution in [1.82, 2.24) is 9.88 Å². The number of ether oxygens (including phenoxy) is 1. The third-order valence-electron chi connectivity index (χ3n) is 7.20. The largest absolute Gasteiger partial charge is 0.495 e. The van der Waals surface area contributed by atoms with E-state index in [0.29, 0.717) is 23.7 Å². The van der Waals surface area contributed by atoms with E-state index in [2.05, 4.69) is 5.32 Å². The molecule has 0 radical (unpaired) electrons. The summed E-state index contributed by atoms with van der Waals surface area (Å²) in [6.07, 6.45) is 6.67. The molecule has 1 atom stereocenters. The summed E-state index contributed by atoms with van der Waals surface area (Å²) in [7, 11) is 1.59. The predicted molar refractivity (Wildman–Crippen MR) is 130 cm³/mol. The number of benzene rings is 2. The molecule has 2 aromatic carbocycles. The average molecular weight is 446 g/mol. The minimum Gasteiger partial charge on any atom is -0.495 e. The average Bonchev–Trinajstić information content (AvgIpc) is 2.99. The molecule has 33 heavy (non-hydrogen) atoms. The van der Waals surface area contributed by atoms with Gasteiger partial charge in [0.25, 0.3) is 5.91 Å². The number of carbonyl (C=O) groups excluding carboxylic acids is 2. The van der Waals surface area contributed by atoms with Gasteiger partial charge in [-0.15, -0.1) is 0 Å². The van der Waals surface area contributed by atoms with E-state index in [1.807, 2.05) is 66.1 Å². The Balaban J connectivity index is 1.62. The molecule has 0 bridgehead atoms. The van der Waals surface area contributed by atoms with Crippen LogP contribution in [0.1, 0.15) is 55.9 Å². The van der Waals surface area contributed by atoms with Gasteiger partial charge in [0.2, 0.25) is 5.91 Å². The van der Waals surface area contributed by atoms with Crippen LogP contribution in [0.4, 0.5) is 5.69 Å². The number of para-hydroxylation sites is 3. The Morgan fingerprint density at radius 1 is 1.03 bits per heavy atom. The van der Waals surface area contributed by atoms with Crippen molar-refractivity contribution in [3.05, 3.63) is 60.3 Å². The standard InChI is InChI=1S/C27H31N3O3/c1-27(26(32)28-20-12-5-3-4-6-13-20)18-29-21-14-8-7-11-19(21)17-23(29)25(31)30(27)22-15-9-10-16-24(22)33-2/h7-11,14-17,20H,3-6,12-13,18H2,1-2H3,(H,28,32)/t27-/m1/s1. The molecular weight excluding hydrogens is 414 g/mol. The Bertz CT molecular complexity index is 1190. The third-order valence-corrected chi connectivity index (χ3v) is 7.20. The predicted octanol–water partition coefficient (Wildman–Crippen LogP) is 4.91. The third kappa shape index (κ3) is 3.67. The zero-order chi connectivity index (χ0) is 23.0. The van der Waals surface area contributed by atoms with Gasteiger partial charge in [-0.25, -0.2) is 0 Å². The number of anilines is 1. The fourth-order valence-corrected chi connectivity index (χ4v) is 5.40. The van der Waals surface area contributed by atoms with Crippen LogP contribution in [0, 0.1) is 0 Å². The zero-order valence-electron chi connectivity index (χ0n) is 19.3. The molecular formula is C27H31N3O3. The van der Waals surface area contributed by atoms with E-state index in [-0.39, 0.29) is 17.9 Å². The van der Waals surface area contributed by atoms with E-state index in [0.717, 1.165) is 36.6 Å². The number of amides is 2. The number of aromatic nitrogens is 1. The van der Waals surface area contributed by atoms with Gasteiger partial charge in [0.15, 0.2) is 0 Å². The normalized spacial score (nSPS) is 21.5. The molecule has 3 aromatic rings. The first kappa shape index (κ1) is 21.6. The lowest BCUT2D eigenvalue weighted by Crippen LogP contribution is -2.65. The van der Waals surface area contributed by atoms with E-state index >= 15 is 0 Å². The summed E-state index contributed by atoms with van der Waals surface area (Å²) in [6, 6.07) is 17.4. The molecule has 1 aliphatic heterocycles. The van der Waals surface area contributed by atoms with Crippen LogP contribution in [-0.2, 0) is 11.3 Å². The van der Waals surface area contributed by atoms with Crippen molar-refractivity contribution in [1.29, 1.82) is 0 Å². The van der Waals surface area contributed by atoms with Gasteiger partial charge >= 0.3 is 0 Å². The molecule has 1 aromatic heterocycles. The Morgan fingerprint density at radius 2 is 1.73 bits per heavy atom. The molecule has 6 heteroatoms. The smallest absolute Gasteiger partial charge is 0.276 e. The highest BCUT2D eigenvalue weighted by atomic mass is 16.5. The molecule has 6 nitrogen and oxygen atoms in total. The highest BCUT2D eigenvalue weighted by molar-refractivity contribution is 6.14. The maximum absolute atomic E-state index is 14.0. The van der Waals surface area contributed by atoms with Crippen LogP contribution in [0.5, 0.6) is 5.75 Å². The van der Waals surface area contributed by atoms with Gasteiger partial charge < -0.3 is 14.6 Å². The second kappa shape index (κ2) is 8.58. The summed E-state index contributed by atoms with van der Waals surface area (Å²) < 4.78 is 7.60. The van der Waals surface area contributed by atoms with Crippen LogP contribution in [-0.4, -0.2) is 35.1 Å². The monoisotopic (exact) mass is 445 g/mol. The molecule has 1 aliphatic carbocycles. The highest BCUT2D eigenvalue weighted by Crippen LogP contribution is 2.40. The molecule has 172 valence electrons. The van der Waals surface area contributed by atoms with Crippen molar-refractivity contribution in [3.63, 3.8) is 0 Å². The molecule has 2 amide bonds. The number of carbonyl (C=O) groups is 2. The van der Waals surface area contributed by atoms with E-state index < -0.39 is 5.54 Å². The van der Waals surface area contributed by atoms with E-state index in [4.69, 9.17) is 4.74 Å². The Hall–Kier alpha value is -3.28. The molecule has 0 saturated heterocycles. The molecule has 0 unspecified atom stereocenters. The molecule has 5 rings (SSSR count). The quantitative estimate of drug-likeness (QED) is 0.581. The lowest BCUT2D eigenvalue weighted by molar-refractivity contribution is -0.127. The highest BCUT2D eigenvalue weighted by Gasteiger charge is 2.49. The molecule has 1 N–H and O–H groups in total. The molecule has 1 fully saturated rings. The van der Waals surface area contributed by atoms with Crippen LogP contribution in [0.15, 0.2) is 54.6 Å². The van der Waals surface area contributed by atoms with Crippen molar-refractivity contribution in [2.75, 3.05) is 12.0 Å². The lowest BCUT2D eigenvalue weighted by atomic mass is 9.92. The van der Waals surface area contributed by atoms with Crippen LogP contribution >= 0.6 is 0 Å². The Labute approximate surface area is 194 Å². The van der Waals surface area contributed by atoms with Crippen LogP contribution in [0.25, 0.3) is 10.9 Å². The Kier molecular flexibility index (Phi) is 5.60. The van der Waals surface area contributed by atoms with E-state index in [9.17, 15) is 9.59 Å². The van der Waals surface area contributed by atoms with E-state index in [1.54, 1.807) is 12.0 Å². The Morgan fingerprint density at radius 3 is 2.48 bits per heavy atom. The zero-order valence-corrected chi connectivity index (χ0v) is 19.3. The summed E-state index contributed by atoms with van der Waals surface area (Å²) >= 11 is 0. The van der Waals surface area contributed by atoms with Gasteiger partial charge in [0, 0.05) is 16.9 Å². The second-order valence-corrected chi connectivity index (χ2v) is 9.42. The first-order valence-corrected chi connectivity index (χ1v) is 11.9. The summed E-state index contributed by atoms with van der Waals surface area (Å²) in [6.45, 7) is 2.25. The van der Waals surface area contributed by atoms with Crippen LogP contribution < -0.4 is 15.0 Å². The van der Waals surface area contributed by atoms with Crippen LogP contribution in [0.3, 0.4) is 0 Å². The number of hydrogen-bond donors (Lipinski definition) is 1. The fraction of sp³-hybridized carbons (Fsp3) is 0.407. The van der Waals surface area contributed by atoms with Crippen molar-refractivity contribution >= 4 is 28.4 Å². The SMILES string of the molecule is COc1ccccc1N1C(=O)c2cc3ccccc3n2C[C@]1(C)C(=O)NC1CCCCCC1. The summed E-state index contributed by atoms with van der Waals surface area (Å²) in [5.41, 5.74) is 1.06. The first-order chi connectivity index (χ1) is 16.0. The lowest BCUT2D eigenvalue weighted by Gasteiger charge is -2.44. The van der Waals surface area contributed by atoms with Gasteiger partial charge in [0.05, 0.1) is 19.3 Å². The van der Waals surface area contributed by atoms with Gasteiger partial charge in [-0.2, -0.15) is 0 Å². The number of fused-ring (bicyclic) bond motifs is 3. The summed E-state index contributed by atoms with van der Waals surface area (Å²) in [4.78, 5) is 29.6. The van der Waals surface area contributed by atoms with Crippen LogP contribution in [0.2, 0.25) is 0 Å². The maximum Gasteiger partial charge on any atom is 0.276 e. The fourth-order valence-electron chi connectivity index (χ4n) is 5.40. The van der Waals surface area contributed by atoms with E-state index in [1.165, 1.54) is 12.8 Å². The summed E-state index contributed by atoms with van der Waals surface area (Å²) in [5.74, 6) is 0.265. The molecule has 1 saturated carbocycles. The number of nitrogens with one attached hydrogen (secondary N) is 1. The number of nitrogens with zero attached hydrogens (tertiary/aromatic N) is 2. The molecule has 0 spiro atoms. The van der Waals surface area contributed by atoms with Gasteiger partial charge in [-0.05, 0) is 44.0 Å². The van der Waals surface area contributed by atoms with Gasteiger partial charge in [-0.3, -0.25) is 14.5 Å². The molecule has 2 aliphatic rings. The minimum absolute atomic E-state index is 0.114. The van der Waals surface area contributed by atoms with Crippen molar-refractivity contribution in [2.45, 2.75) is 63.6 Å². The minimum atomic E-state index is -1.10.